The topological polar surface area (TPSA) is 49.7 Å². The van der Waals surface area contributed by atoms with E-state index in [0.29, 0.717) is 13.2 Å². The van der Waals surface area contributed by atoms with Crippen molar-refractivity contribution < 1.29 is 14.9 Å². The van der Waals surface area contributed by atoms with Gasteiger partial charge in [0.05, 0.1) is 19.3 Å². The minimum Gasteiger partial charge on any atom is -0.394 e. The van der Waals surface area contributed by atoms with Crippen LogP contribution in [0.15, 0.2) is 0 Å². The van der Waals surface area contributed by atoms with Crippen LogP contribution in [0.25, 0.3) is 0 Å². The summed E-state index contributed by atoms with van der Waals surface area (Å²) < 4.78 is 4.97. The van der Waals surface area contributed by atoms with Gasteiger partial charge in [-0.05, 0) is 19.8 Å². The van der Waals surface area contributed by atoms with Gasteiger partial charge in [-0.2, -0.15) is 0 Å². The Bertz CT molecular complexity index is 63.9. The van der Waals surface area contributed by atoms with Crippen LogP contribution in [-0.4, -0.2) is 36.1 Å². The van der Waals surface area contributed by atoms with Crippen molar-refractivity contribution in [2.45, 2.75) is 25.9 Å². The quantitative estimate of drug-likeness (QED) is 0.527. The molecule has 3 heteroatoms. The Kier molecular flexibility index (Phi) is 6.91. The third-order valence-corrected chi connectivity index (χ3v) is 1.15. The summed E-state index contributed by atoms with van der Waals surface area (Å²) in [5.41, 5.74) is 0. The molecular weight excluding hydrogens is 132 g/mol. The predicted molar refractivity (Wildman–Crippen MR) is 38.8 cm³/mol. The summed E-state index contributed by atoms with van der Waals surface area (Å²) in [6.45, 7) is 2.87. The van der Waals surface area contributed by atoms with Crippen LogP contribution >= 0.6 is 0 Å². The van der Waals surface area contributed by atoms with Gasteiger partial charge in [-0.3, -0.25) is 0 Å². The molecule has 0 spiro atoms. The van der Waals surface area contributed by atoms with Gasteiger partial charge in [0.2, 0.25) is 0 Å². The average Bonchev–Trinajstić information content (AvgIpc) is 1.87. The molecule has 1 unspecified atom stereocenters. The normalized spacial score (nSPS) is 13.5. The van der Waals surface area contributed by atoms with Crippen molar-refractivity contribution in [3.05, 3.63) is 0 Å². The summed E-state index contributed by atoms with van der Waals surface area (Å²) in [5, 5.41) is 17.1. The Labute approximate surface area is 61.6 Å². The van der Waals surface area contributed by atoms with Crippen LogP contribution in [0.5, 0.6) is 0 Å². The Morgan fingerprint density at radius 1 is 1.40 bits per heavy atom. The third-order valence-electron chi connectivity index (χ3n) is 1.15. The molecule has 0 aromatic heterocycles. The second-order valence-corrected chi connectivity index (χ2v) is 2.33. The maximum absolute atomic E-state index is 8.80. The Balaban J connectivity index is 2.77. The first-order chi connectivity index (χ1) is 4.77. The molecule has 1 atom stereocenters. The second kappa shape index (κ2) is 6.99. The SMILES string of the molecule is CC(O)CCCOCCO. The summed E-state index contributed by atoms with van der Waals surface area (Å²) in [6.07, 6.45) is 1.39. The van der Waals surface area contributed by atoms with Crippen molar-refractivity contribution in [3.8, 4) is 0 Å². The fourth-order valence-electron chi connectivity index (χ4n) is 0.647. The van der Waals surface area contributed by atoms with Gasteiger partial charge < -0.3 is 14.9 Å². The molecule has 0 aromatic carbocycles. The van der Waals surface area contributed by atoms with E-state index < -0.39 is 0 Å². The van der Waals surface area contributed by atoms with E-state index in [1.54, 1.807) is 6.92 Å². The minimum atomic E-state index is -0.238. The summed E-state index contributed by atoms with van der Waals surface area (Å²) in [4.78, 5) is 0. The summed E-state index contributed by atoms with van der Waals surface area (Å²) in [7, 11) is 0. The molecule has 0 aliphatic carbocycles. The van der Waals surface area contributed by atoms with Crippen LogP contribution in [-0.2, 0) is 4.74 Å². The van der Waals surface area contributed by atoms with Gasteiger partial charge in [-0.1, -0.05) is 0 Å². The molecule has 2 N–H and O–H groups in total. The summed E-state index contributed by atoms with van der Waals surface area (Å²) in [5.74, 6) is 0. The van der Waals surface area contributed by atoms with Gasteiger partial charge in [-0.15, -0.1) is 0 Å². The van der Waals surface area contributed by atoms with Gasteiger partial charge in [0.25, 0.3) is 0 Å². The van der Waals surface area contributed by atoms with Crippen LogP contribution in [0.1, 0.15) is 19.8 Å². The largest absolute Gasteiger partial charge is 0.394 e. The van der Waals surface area contributed by atoms with Crippen molar-refractivity contribution in [1.82, 2.24) is 0 Å². The lowest BCUT2D eigenvalue weighted by Crippen LogP contribution is -2.04. The van der Waals surface area contributed by atoms with Gasteiger partial charge >= 0.3 is 0 Å². The maximum Gasteiger partial charge on any atom is 0.0697 e. The monoisotopic (exact) mass is 148 g/mol. The van der Waals surface area contributed by atoms with Crippen molar-refractivity contribution in [2.75, 3.05) is 19.8 Å². The average molecular weight is 148 g/mol. The molecule has 0 radical (unpaired) electrons. The van der Waals surface area contributed by atoms with E-state index in [-0.39, 0.29) is 12.7 Å². The van der Waals surface area contributed by atoms with E-state index in [0.717, 1.165) is 12.8 Å². The highest BCUT2D eigenvalue weighted by atomic mass is 16.5. The molecule has 0 amide bonds. The molecule has 10 heavy (non-hydrogen) atoms. The van der Waals surface area contributed by atoms with E-state index in [1.807, 2.05) is 0 Å². The minimum absolute atomic E-state index is 0.0781. The highest BCUT2D eigenvalue weighted by Crippen LogP contribution is 1.95. The van der Waals surface area contributed by atoms with Gasteiger partial charge in [0.15, 0.2) is 0 Å². The van der Waals surface area contributed by atoms with Crippen LogP contribution in [0.4, 0.5) is 0 Å². The molecular formula is C7H16O3. The van der Waals surface area contributed by atoms with Crippen LogP contribution in [0.2, 0.25) is 0 Å². The smallest absolute Gasteiger partial charge is 0.0697 e. The molecule has 0 saturated carbocycles. The number of aliphatic hydroxyl groups excluding tert-OH is 2. The Hall–Kier alpha value is -0.120. The van der Waals surface area contributed by atoms with E-state index in [9.17, 15) is 0 Å². The molecule has 0 aliphatic heterocycles. The van der Waals surface area contributed by atoms with Crippen molar-refractivity contribution in [3.63, 3.8) is 0 Å². The van der Waals surface area contributed by atoms with Crippen LogP contribution in [0.3, 0.4) is 0 Å². The predicted octanol–water partition coefficient (Wildman–Crippen LogP) is 0.156. The Morgan fingerprint density at radius 3 is 2.60 bits per heavy atom. The second-order valence-electron chi connectivity index (χ2n) is 2.33. The van der Waals surface area contributed by atoms with E-state index in [2.05, 4.69) is 0 Å². The maximum atomic E-state index is 8.80. The van der Waals surface area contributed by atoms with Crippen molar-refractivity contribution in [2.24, 2.45) is 0 Å². The summed E-state index contributed by atoms with van der Waals surface area (Å²) >= 11 is 0. The zero-order valence-corrected chi connectivity index (χ0v) is 6.42. The summed E-state index contributed by atoms with van der Waals surface area (Å²) in [6, 6.07) is 0. The lowest BCUT2D eigenvalue weighted by Gasteiger charge is -2.03. The first kappa shape index (κ1) is 9.88. The number of rotatable bonds is 6. The number of hydrogen-bond acceptors (Lipinski definition) is 3. The molecule has 0 bridgehead atoms. The number of hydrogen-bond donors (Lipinski definition) is 2. The molecule has 0 heterocycles. The van der Waals surface area contributed by atoms with E-state index >= 15 is 0 Å². The number of aliphatic hydroxyl groups is 2. The molecule has 0 aromatic rings. The third kappa shape index (κ3) is 7.88. The zero-order chi connectivity index (χ0) is 7.82. The number of ether oxygens (including phenoxy) is 1. The van der Waals surface area contributed by atoms with Gasteiger partial charge in [0, 0.05) is 6.61 Å². The van der Waals surface area contributed by atoms with Crippen molar-refractivity contribution in [1.29, 1.82) is 0 Å². The first-order valence-electron chi connectivity index (χ1n) is 3.64. The molecule has 3 nitrogen and oxygen atoms in total. The lowest BCUT2D eigenvalue weighted by molar-refractivity contribution is 0.0810. The van der Waals surface area contributed by atoms with E-state index in [4.69, 9.17) is 14.9 Å². The standard InChI is InChI=1S/C7H16O3/c1-7(9)3-2-5-10-6-4-8/h7-9H,2-6H2,1H3. The Morgan fingerprint density at radius 2 is 2.10 bits per heavy atom. The first-order valence-corrected chi connectivity index (χ1v) is 3.64. The molecule has 0 rings (SSSR count). The van der Waals surface area contributed by atoms with Gasteiger partial charge in [-0.25, -0.2) is 0 Å². The van der Waals surface area contributed by atoms with Crippen LogP contribution < -0.4 is 0 Å². The van der Waals surface area contributed by atoms with E-state index in [1.165, 1.54) is 0 Å². The molecule has 0 saturated heterocycles. The highest BCUT2D eigenvalue weighted by molar-refractivity contribution is 4.45. The molecule has 62 valence electrons. The fraction of sp³-hybridized carbons (Fsp3) is 1.00. The van der Waals surface area contributed by atoms with Gasteiger partial charge in [0.1, 0.15) is 0 Å². The zero-order valence-electron chi connectivity index (χ0n) is 6.42. The van der Waals surface area contributed by atoms with Crippen LogP contribution in [0, 0.1) is 0 Å². The lowest BCUT2D eigenvalue weighted by atomic mass is 10.2. The highest BCUT2D eigenvalue weighted by Gasteiger charge is 1.94. The molecule has 0 aliphatic rings. The fourth-order valence-corrected chi connectivity index (χ4v) is 0.647. The van der Waals surface area contributed by atoms with Crippen molar-refractivity contribution >= 4 is 0 Å². The molecule has 0 fully saturated rings.